The molecule has 0 bridgehead atoms. The molecule has 4 aromatic rings. The first-order chi connectivity index (χ1) is 13.0. The summed E-state index contributed by atoms with van der Waals surface area (Å²) >= 11 is 0. The molecule has 1 N–H and O–H groups in total. The lowest BCUT2D eigenvalue weighted by molar-refractivity contribution is 0.102. The lowest BCUT2D eigenvalue weighted by Gasteiger charge is -2.05. The van der Waals surface area contributed by atoms with Crippen molar-refractivity contribution in [1.29, 1.82) is 0 Å². The van der Waals surface area contributed by atoms with Gasteiger partial charge in [-0.1, -0.05) is 0 Å². The molecule has 1 amide bonds. The third kappa shape index (κ3) is 2.77. The van der Waals surface area contributed by atoms with Gasteiger partial charge in [0.05, 0.1) is 29.5 Å². The topological polar surface area (TPSA) is 94.9 Å². The first kappa shape index (κ1) is 17.0. The van der Waals surface area contributed by atoms with Gasteiger partial charge in [0.2, 0.25) is 0 Å². The molecule has 4 rings (SSSR count). The molecule has 0 saturated carbocycles. The van der Waals surface area contributed by atoms with Gasteiger partial charge in [0.1, 0.15) is 0 Å². The number of amides is 1. The zero-order valence-electron chi connectivity index (χ0n) is 15.6. The van der Waals surface area contributed by atoms with E-state index in [1.54, 1.807) is 27.7 Å². The normalized spacial score (nSPS) is 11.3. The van der Waals surface area contributed by atoms with E-state index in [0.717, 1.165) is 29.2 Å². The number of hydrogen-bond acceptors (Lipinski definition) is 5. The summed E-state index contributed by atoms with van der Waals surface area (Å²) in [6, 6.07) is 3.54. The molecule has 0 aromatic carbocycles. The number of fused-ring (bicyclic) bond motifs is 1. The van der Waals surface area contributed by atoms with Crippen LogP contribution in [0.2, 0.25) is 0 Å². The molecule has 27 heavy (non-hydrogen) atoms. The highest BCUT2D eigenvalue weighted by Gasteiger charge is 2.17. The maximum Gasteiger partial charge on any atom is 0.276 e. The Morgan fingerprint density at radius 3 is 2.67 bits per heavy atom. The highest BCUT2D eigenvalue weighted by atomic mass is 16.2. The summed E-state index contributed by atoms with van der Waals surface area (Å²) in [6.07, 6.45) is 5.14. The maximum absolute atomic E-state index is 12.6. The Kier molecular flexibility index (Phi) is 3.98. The summed E-state index contributed by atoms with van der Waals surface area (Å²) in [5.41, 5.74) is 5.26. The van der Waals surface area contributed by atoms with Crippen LogP contribution < -0.4 is 5.32 Å². The molecule has 138 valence electrons. The molecule has 0 aliphatic carbocycles. The van der Waals surface area contributed by atoms with Gasteiger partial charge in [-0.3, -0.25) is 14.2 Å². The van der Waals surface area contributed by atoms with Crippen molar-refractivity contribution < 1.29 is 4.79 Å². The molecule has 9 heteroatoms. The second kappa shape index (κ2) is 6.35. The quantitative estimate of drug-likeness (QED) is 0.599. The van der Waals surface area contributed by atoms with Gasteiger partial charge in [0.25, 0.3) is 5.91 Å². The summed E-state index contributed by atoms with van der Waals surface area (Å²) in [4.78, 5) is 17.0. The fraction of sp³-hybridized carbons (Fsp3) is 0.278. The van der Waals surface area contributed by atoms with Crippen molar-refractivity contribution in [2.24, 2.45) is 7.05 Å². The van der Waals surface area contributed by atoms with Crippen molar-refractivity contribution in [3.8, 4) is 11.3 Å². The van der Waals surface area contributed by atoms with E-state index in [-0.39, 0.29) is 5.91 Å². The number of aromatic nitrogens is 7. The van der Waals surface area contributed by atoms with Gasteiger partial charge in [-0.2, -0.15) is 15.3 Å². The zero-order valence-corrected chi connectivity index (χ0v) is 15.6. The van der Waals surface area contributed by atoms with Crippen molar-refractivity contribution in [3.05, 3.63) is 47.8 Å². The molecular formula is C18H20N8O. The first-order valence-electron chi connectivity index (χ1n) is 8.67. The fourth-order valence-electron chi connectivity index (χ4n) is 3.03. The van der Waals surface area contributed by atoms with Gasteiger partial charge in [0, 0.05) is 37.1 Å². The predicted octanol–water partition coefficient (Wildman–Crippen LogP) is 2.22. The Bertz CT molecular complexity index is 1150. The Morgan fingerprint density at radius 2 is 2.00 bits per heavy atom. The van der Waals surface area contributed by atoms with Crippen LogP contribution in [0.3, 0.4) is 0 Å². The van der Waals surface area contributed by atoms with Crippen LogP contribution >= 0.6 is 0 Å². The zero-order chi connectivity index (χ0) is 19.1. The average Bonchev–Trinajstić information content (AvgIpc) is 3.34. The minimum atomic E-state index is -0.302. The van der Waals surface area contributed by atoms with E-state index in [2.05, 4.69) is 25.6 Å². The van der Waals surface area contributed by atoms with Gasteiger partial charge >= 0.3 is 0 Å². The Morgan fingerprint density at radius 1 is 1.19 bits per heavy atom. The second-order valence-corrected chi connectivity index (χ2v) is 6.31. The van der Waals surface area contributed by atoms with Crippen molar-refractivity contribution in [2.75, 3.05) is 5.32 Å². The Hall–Kier alpha value is -3.49. The van der Waals surface area contributed by atoms with Crippen molar-refractivity contribution >= 4 is 17.2 Å². The van der Waals surface area contributed by atoms with Crippen LogP contribution in [0.5, 0.6) is 0 Å². The molecule has 0 fully saturated rings. The molecule has 0 saturated heterocycles. The van der Waals surface area contributed by atoms with Gasteiger partial charge in [-0.15, -0.1) is 0 Å². The molecular weight excluding hydrogens is 344 g/mol. The van der Waals surface area contributed by atoms with Crippen molar-refractivity contribution in [1.82, 2.24) is 34.2 Å². The number of nitrogens with zero attached hydrogens (tertiary/aromatic N) is 7. The fourth-order valence-corrected chi connectivity index (χ4v) is 3.03. The third-order valence-corrected chi connectivity index (χ3v) is 4.75. The number of aryl methyl sites for hydroxylation is 2. The van der Waals surface area contributed by atoms with Gasteiger partial charge in [-0.05, 0) is 26.8 Å². The number of carbonyl (C=O) groups excluding carboxylic acids is 1. The minimum absolute atomic E-state index is 0.290. The Labute approximate surface area is 155 Å². The summed E-state index contributed by atoms with van der Waals surface area (Å²) in [6.45, 7) is 6.74. The molecule has 0 atom stereocenters. The molecule has 0 unspecified atom stereocenters. The lowest BCUT2D eigenvalue weighted by Crippen LogP contribution is -2.13. The first-order valence-corrected chi connectivity index (χ1v) is 8.67. The number of carbonyl (C=O) groups is 1. The molecule has 0 aliphatic heterocycles. The van der Waals surface area contributed by atoms with Crippen LogP contribution in [-0.4, -0.2) is 40.1 Å². The SMILES string of the molecule is CCn1ncc(-c2ccnc3cc(C(=O)Nc4cnn(C)c4C)nn23)c1C. The van der Waals surface area contributed by atoms with Gasteiger partial charge in [0.15, 0.2) is 11.3 Å². The van der Waals surface area contributed by atoms with Crippen LogP contribution in [0, 0.1) is 13.8 Å². The lowest BCUT2D eigenvalue weighted by atomic mass is 10.2. The standard InChI is InChI=1S/C18H20N8O/c1-5-25-11(2)13(9-21-25)16-6-7-19-17-8-14(23-26(16)17)18(27)22-15-10-20-24(4)12(15)3/h6-10H,5H2,1-4H3,(H,22,27). The molecule has 0 radical (unpaired) electrons. The number of rotatable bonds is 4. The average molecular weight is 364 g/mol. The number of nitrogens with one attached hydrogen (secondary N) is 1. The van der Waals surface area contributed by atoms with E-state index in [0.29, 0.717) is 17.0 Å². The van der Waals surface area contributed by atoms with E-state index in [1.165, 1.54) is 0 Å². The van der Waals surface area contributed by atoms with Gasteiger partial charge in [-0.25, -0.2) is 9.50 Å². The molecule has 4 aromatic heterocycles. The highest BCUT2D eigenvalue weighted by Crippen LogP contribution is 2.24. The molecule has 0 aliphatic rings. The summed E-state index contributed by atoms with van der Waals surface area (Å²) in [5.74, 6) is -0.302. The van der Waals surface area contributed by atoms with Crippen LogP contribution in [0.15, 0.2) is 30.7 Å². The van der Waals surface area contributed by atoms with Crippen LogP contribution in [-0.2, 0) is 13.6 Å². The van der Waals surface area contributed by atoms with E-state index >= 15 is 0 Å². The summed E-state index contributed by atoms with van der Waals surface area (Å²) < 4.78 is 5.30. The number of hydrogen-bond donors (Lipinski definition) is 1. The second-order valence-electron chi connectivity index (χ2n) is 6.31. The minimum Gasteiger partial charge on any atom is -0.318 e. The van der Waals surface area contributed by atoms with Crippen LogP contribution in [0.25, 0.3) is 16.9 Å². The van der Waals surface area contributed by atoms with Crippen LogP contribution in [0.1, 0.15) is 28.8 Å². The van der Waals surface area contributed by atoms with E-state index in [1.807, 2.05) is 44.8 Å². The summed E-state index contributed by atoms with van der Waals surface area (Å²) in [5, 5.41) is 15.9. The third-order valence-electron chi connectivity index (χ3n) is 4.75. The molecule has 0 spiro atoms. The molecule has 4 heterocycles. The van der Waals surface area contributed by atoms with Gasteiger partial charge < -0.3 is 5.32 Å². The van der Waals surface area contributed by atoms with E-state index in [4.69, 9.17) is 0 Å². The van der Waals surface area contributed by atoms with Crippen molar-refractivity contribution in [2.45, 2.75) is 27.3 Å². The van der Waals surface area contributed by atoms with E-state index in [9.17, 15) is 4.79 Å². The largest absolute Gasteiger partial charge is 0.318 e. The maximum atomic E-state index is 12.6. The van der Waals surface area contributed by atoms with E-state index < -0.39 is 0 Å². The number of anilines is 1. The smallest absolute Gasteiger partial charge is 0.276 e. The monoisotopic (exact) mass is 364 g/mol. The predicted molar refractivity (Wildman–Crippen MR) is 101 cm³/mol. The summed E-state index contributed by atoms with van der Waals surface area (Å²) in [7, 11) is 1.82. The van der Waals surface area contributed by atoms with Crippen molar-refractivity contribution in [3.63, 3.8) is 0 Å². The van der Waals surface area contributed by atoms with Crippen LogP contribution in [0.4, 0.5) is 5.69 Å². The molecule has 9 nitrogen and oxygen atoms in total. The highest BCUT2D eigenvalue weighted by molar-refractivity contribution is 6.03. The Balaban J connectivity index is 1.73.